The second-order valence-electron chi connectivity index (χ2n) is 17.7. The fourth-order valence-electron chi connectivity index (χ4n) is 11.5. The molecule has 0 saturated carbocycles. The zero-order valence-electron chi connectivity index (χ0n) is 35.9. The van der Waals surface area contributed by atoms with Crippen molar-refractivity contribution in [2.75, 3.05) is 4.90 Å². The first-order valence-electron chi connectivity index (χ1n) is 22.6. The molecule has 0 saturated heterocycles. The molecule has 0 bridgehead atoms. The van der Waals surface area contributed by atoms with Gasteiger partial charge < -0.3 is 4.90 Å². The van der Waals surface area contributed by atoms with Gasteiger partial charge in [-0.3, -0.25) is 0 Å². The van der Waals surface area contributed by atoms with Crippen LogP contribution in [0.5, 0.6) is 0 Å². The van der Waals surface area contributed by atoms with Crippen molar-refractivity contribution >= 4 is 48.6 Å². The summed E-state index contributed by atoms with van der Waals surface area (Å²) in [5.41, 5.74) is 19.2. The number of hydrogen-bond acceptors (Lipinski definition) is 2. The topological polar surface area (TPSA) is 3.24 Å². The summed E-state index contributed by atoms with van der Waals surface area (Å²) < 4.78 is 2.64. The van der Waals surface area contributed by atoms with Gasteiger partial charge in [-0.25, -0.2) is 0 Å². The van der Waals surface area contributed by atoms with E-state index in [1.165, 1.54) is 92.5 Å². The largest absolute Gasteiger partial charge is 0.310 e. The van der Waals surface area contributed by atoms with Crippen LogP contribution in [-0.4, -0.2) is 0 Å². The number of benzene rings is 10. The lowest BCUT2D eigenvalue weighted by atomic mass is 9.68. The summed E-state index contributed by atoms with van der Waals surface area (Å²) >= 11 is 1.86. The Kier molecular flexibility index (Phi) is 8.50. The number of hydrogen-bond donors (Lipinski definition) is 0. The third-order valence-corrected chi connectivity index (χ3v) is 15.6. The highest BCUT2D eigenvalue weighted by Crippen LogP contribution is 2.58. The van der Waals surface area contributed by atoms with E-state index >= 15 is 0 Å². The molecule has 2 heteroatoms. The van der Waals surface area contributed by atoms with Crippen molar-refractivity contribution in [3.05, 3.63) is 282 Å². The first kappa shape index (κ1) is 37.7. The van der Waals surface area contributed by atoms with Crippen LogP contribution in [0.25, 0.3) is 53.6 Å². The smallest absolute Gasteiger partial charge is 0.0713 e. The third-order valence-electron chi connectivity index (χ3n) is 14.4. The van der Waals surface area contributed by atoms with Gasteiger partial charge in [0.15, 0.2) is 0 Å². The van der Waals surface area contributed by atoms with Crippen molar-refractivity contribution in [1.82, 2.24) is 0 Å². The van der Waals surface area contributed by atoms with Gasteiger partial charge in [0.05, 0.1) is 5.41 Å². The van der Waals surface area contributed by atoms with Crippen LogP contribution in [0.2, 0.25) is 0 Å². The maximum Gasteiger partial charge on any atom is 0.0713 e. The zero-order chi connectivity index (χ0) is 43.1. The van der Waals surface area contributed by atoms with E-state index in [1.807, 2.05) is 11.3 Å². The average molecular weight is 846 g/mol. The Balaban J connectivity index is 1.04. The molecule has 11 aromatic rings. The van der Waals surface area contributed by atoms with Crippen LogP contribution in [0.4, 0.5) is 17.1 Å². The lowest BCUT2D eigenvalue weighted by Gasteiger charge is -2.34. The van der Waals surface area contributed by atoms with Gasteiger partial charge in [0.2, 0.25) is 0 Å². The fraction of sp³-hybridized carbons (Fsp3) is 0.0476. The Labute approximate surface area is 384 Å². The number of thiophene rings is 1. The average Bonchev–Trinajstić information content (AvgIpc) is 3.99. The standard InChI is InChI=1S/C63H43NS/c1-62(44-19-5-2-6-20-44)56-29-14-11-26-50(56)53-40-48(33-35-57(53)62)64(47-25-17-18-42(38-47)43-32-37-61-55(39-43)52-28-13-16-31-60(52)65-61)49-34-36-59-54(41-49)51-27-12-15-30-58(51)63(59,45-21-7-3-8-22-45)46-23-9-4-10-24-46/h2-41H,1H3. The highest BCUT2D eigenvalue weighted by Gasteiger charge is 2.46. The summed E-state index contributed by atoms with van der Waals surface area (Å²) in [4.78, 5) is 2.48. The Morgan fingerprint density at radius 1 is 0.323 bits per heavy atom. The fourth-order valence-corrected chi connectivity index (χ4v) is 12.6. The summed E-state index contributed by atoms with van der Waals surface area (Å²) in [6.45, 7) is 2.39. The molecule has 1 aromatic heterocycles. The number of fused-ring (bicyclic) bond motifs is 9. The van der Waals surface area contributed by atoms with E-state index in [0.29, 0.717) is 0 Å². The highest BCUT2D eigenvalue weighted by molar-refractivity contribution is 7.25. The van der Waals surface area contributed by atoms with E-state index < -0.39 is 5.41 Å². The lowest BCUT2D eigenvalue weighted by Crippen LogP contribution is -2.28. The number of anilines is 3. The van der Waals surface area contributed by atoms with Gasteiger partial charge in [0, 0.05) is 42.6 Å². The Hall–Kier alpha value is -7.78. The molecule has 1 unspecified atom stereocenters. The number of rotatable bonds is 7. The predicted molar refractivity (Wildman–Crippen MR) is 274 cm³/mol. The van der Waals surface area contributed by atoms with Gasteiger partial charge in [-0.15, -0.1) is 11.3 Å². The van der Waals surface area contributed by atoms with E-state index in [0.717, 1.165) is 17.1 Å². The van der Waals surface area contributed by atoms with Gasteiger partial charge >= 0.3 is 0 Å². The van der Waals surface area contributed by atoms with E-state index in [2.05, 4.69) is 254 Å². The van der Waals surface area contributed by atoms with Crippen molar-refractivity contribution in [2.45, 2.75) is 17.8 Å². The van der Waals surface area contributed by atoms with Crippen molar-refractivity contribution < 1.29 is 0 Å². The third kappa shape index (κ3) is 5.57. The monoisotopic (exact) mass is 845 g/mol. The van der Waals surface area contributed by atoms with E-state index in [1.54, 1.807) is 0 Å². The molecular weight excluding hydrogens is 803 g/mol. The normalized spacial score (nSPS) is 15.3. The molecule has 13 rings (SSSR count). The predicted octanol–water partition coefficient (Wildman–Crippen LogP) is 16.9. The van der Waals surface area contributed by atoms with E-state index in [4.69, 9.17) is 0 Å². The van der Waals surface area contributed by atoms with Crippen molar-refractivity contribution in [3.8, 4) is 33.4 Å². The molecule has 1 atom stereocenters. The first-order valence-corrected chi connectivity index (χ1v) is 23.4. The second kappa shape index (κ2) is 14.6. The first-order chi connectivity index (χ1) is 32.1. The summed E-state index contributed by atoms with van der Waals surface area (Å²) in [5.74, 6) is 0. The molecule has 10 aromatic carbocycles. The van der Waals surface area contributed by atoms with Crippen molar-refractivity contribution in [3.63, 3.8) is 0 Å². The van der Waals surface area contributed by atoms with Gasteiger partial charge in [-0.2, -0.15) is 0 Å². The zero-order valence-corrected chi connectivity index (χ0v) is 36.8. The van der Waals surface area contributed by atoms with Gasteiger partial charge in [-0.1, -0.05) is 188 Å². The molecule has 2 aliphatic carbocycles. The quantitative estimate of drug-likeness (QED) is 0.154. The molecule has 0 N–H and O–H groups in total. The molecule has 2 aliphatic rings. The van der Waals surface area contributed by atoms with Crippen molar-refractivity contribution in [1.29, 1.82) is 0 Å². The SMILES string of the molecule is CC1(c2ccccc2)c2ccccc2-c2cc(N(c3cccc(-c4ccc5sc6ccccc6c5c4)c3)c3ccc4c(c3)-c3ccccc3C4(c3ccccc3)c3ccccc3)ccc21. The van der Waals surface area contributed by atoms with Gasteiger partial charge in [0.1, 0.15) is 0 Å². The maximum absolute atomic E-state index is 2.48. The van der Waals surface area contributed by atoms with Crippen LogP contribution < -0.4 is 4.90 Å². The molecule has 0 radical (unpaired) electrons. The van der Waals surface area contributed by atoms with Crippen LogP contribution in [0.15, 0.2) is 243 Å². The van der Waals surface area contributed by atoms with Gasteiger partial charge in [0.25, 0.3) is 0 Å². The minimum atomic E-state index is -0.471. The highest BCUT2D eigenvalue weighted by atomic mass is 32.1. The second-order valence-corrected chi connectivity index (χ2v) is 18.8. The summed E-state index contributed by atoms with van der Waals surface area (Å²) in [6, 6.07) is 90.5. The van der Waals surface area contributed by atoms with E-state index in [-0.39, 0.29) is 5.41 Å². The van der Waals surface area contributed by atoms with Crippen molar-refractivity contribution in [2.24, 2.45) is 0 Å². The molecule has 1 heterocycles. The Morgan fingerprint density at radius 2 is 0.815 bits per heavy atom. The molecule has 306 valence electrons. The molecule has 1 nitrogen and oxygen atoms in total. The summed E-state index contributed by atoms with van der Waals surface area (Å²) in [5, 5.41) is 2.62. The molecule has 0 fully saturated rings. The molecule has 0 spiro atoms. The number of nitrogens with zero attached hydrogens (tertiary/aromatic N) is 1. The molecular formula is C63H43NS. The molecule has 0 aliphatic heterocycles. The van der Waals surface area contributed by atoms with Crippen LogP contribution in [0.1, 0.15) is 45.9 Å². The van der Waals surface area contributed by atoms with E-state index in [9.17, 15) is 0 Å². The Morgan fingerprint density at radius 3 is 1.52 bits per heavy atom. The summed E-state index contributed by atoms with van der Waals surface area (Å²) in [7, 11) is 0. The summed E-state index contributed by atoms with van der Waals surface area (Å²) in [6.07, 6.45) is 0. The lowest BCUT2D eigenvalue weighted by molar-refractivity contribution is 0.714. The van der Waals surface area contributed by atoms with Crippen LogP contribution in [-0.2, 0) is 10.8 Å². The minimum Gasteiger partial charge on any atom is -0.310 e. The Bertz CT molecular complexity index is 3580. The van der Waals surface area contributed by atoms with Crippen LogP contribution >= 0.6 is 11.3 Å². The van der Waals surface area contributed by atoms with Gasteiger partial charge in [-0.05, 0) is 134 Å². The van der Waals surface area contributed by atoms with Crippen LogP contribution in [0, 0.1) is 0 Å². The molecule has 0 amide bonds. The maximum atomic E-state index is 2.48. The molecule has 65 heavy (non-hydrogen) atoms. The van der Waals surface area contributed by atoms with Crippen LogP contribution in [0.3, 0.4) is 0 Å². The minimum absolute atomic E-state index is 0.281.